The molecule has 0 amide bonds. The zero-order valence-corrected chi connectivity index (χ0v) is 9.78. The van der Waals surface area contributed by atoms with Gasteiger partial charge in [0.25, 0.3) is 0 Å². The smallest absolute Gasteiger partial charge is 0.141 e. The van der Waals surface area contributed by atoms with Gasteiger partial charge >= 0.3 is 0 Å². The number of para-hydroxylation sites is 1. The number of benzene rings is 1. The highest BCUT2D eigenvalue weighted by Crippen LogP contribution is 2.29. The summed E-state index contributed by atoms with van der Waals surface area (Å²) in [6, 6.07) is 10.6. The Labute approximate surface area is 94.5 Å². The third-order valence-electron chi connectivity index (χ3n) is 3.18. The van der Waals surface area contributed by atoms with Crippen LogP contribution in [0.2, 0.25) is 0 Å². The Hall–Kier alpha value is -1.83. The first-order valence-corrected chi connectivity index (χ1v) is 5.50. The first kappa shape index (κ1) is 9.40. The van der Waals surface area contributed by atoms with Crippen molar-refractivity contribution < 1.29 is 0 Å². The lowest BCUT2D eigenvalue weighted by Gasteiger charge is -2.00. The number of hydrogen-bond acceptors (Lipinski definition) is 1. The fraction of sp³-hybridized carbons (Fsp3) is 0.214. The van der Waals surface area contributed by atoms with Gasteiger partial charge in [0, 0.05) is 23.5 Å². The summed E-state index contributed by atoms with van der Waals surface area (Å²) in [5.41, 5.74) is 4.72. The van der Waals surface area contributed by atoms with Gasteiger partial charge in [-0.3, -0.25) is 0 Å². The van der Waals surface area contributed by atoms with Gasteiger partial charge in [0.15, 0.2) is 0 Å². The van der Waals surface area contributed by atoms with Crippen LogP contribution in [-0.4, -0.2) is 9.55 Å². The number of aromatic nitrogens is 2. The molecule has 0 spiro atoms. The highest BCUT2D eigenvalue weighted by atomic mass is 15.0. The molecule has 0 N–H and O–H groups in total. The quantitative estimate of drug-likeness (QED) is 0.556. The average Bonchev–Trinajstić information content (AvgIpc) is 2.54. The van der Waals surface area contributed by atoms with E-state index in [4.69, 9.17) is 0 Å². The van der Waals surface area contributed by atoms with Gasteiger partial charge in [0.2, 0.25) is 0 Å². The van der Waals surface area contributed by atoms with Crippen molar-refractivity contribution in [3.05, 3.63) is 41.6 Å². The standard InChI is InChI=1S/C14H14N2/c1-9-8-10(2)15-14-13(9)11-6-4-5-7-12(11)16(14)3/h4-8H,1-3H3. The second kappa shape index (κ2) is 3.08. The number of rotatable bonds is 0. The van der Waals surface area contributed by atoms with Crippen molar-refractivity contribution >= 4 is 21.9 Å². The summed E-state index contributed by atoms with van der Waals surface area (Å²) in [7, 11) is 2.08. The number of hydrogen-bond donors (Lipinski definition) is 0. The molecule has 2 heteroatoms. The minimum absolute atomic E-state index is 1.08. The summed E-state index contributed by atoms with van der Waals surface area (Å²) >= 11 is 0. The Morgan fingerprint density at radius 2 is 1.88 bits per heavy atom. The molecule has 0 unspecified atom stereocenters. The minimum Gasteiger partial charge on any atom is -0.328 e. The SMILES string of the molecule is Cc1cc(C)c2c3ccccc3n(C)c2n1. The summed E-state index contributed by atoms with van der Waals surface area (Å²) in [6.07, 6.45) is 0. The van der Waals surface area contributed by atoms with Crippen molar-refractivity contribution in [2.75, 3.05) is 0 Å². The van der Waals surface area contributed by atoms with Crippen molar-refractivity contribution in [1.82, 2.24) is 9.55 Å². The molecule has 0 atom stereocenters. The van der Waals surface area contributed by atoms with E-state index >= 15 is 0 Å². The Kier molecular flexibility index (Phi) is 1.81. The molecule has 1 aromatic carbocycles. The third-order valence-corrected chi connectivity index (χ3v) is 3.18. The van der Waals surface area contributed by atoms with Gasteiger partial charge in [-0.25, -0.2) is 4.98 Å². The molecular weight excluding hydrogens is 196 g/mol. The molecule has 0 saturated carbocycles. The molecule has 2 nitrogen and oxygen atoms in total. The largest absolute Gasteiger partial charge is 0.328 e. The van der Waals surface area contributed by atoms with Crippen LogP contribution in [0.1, 0.15) is 11.3 Å². The lowest BCUT2D eigenvalue weighted by Crippen LogP contribution is -1.92. The Morgan fingerprint density at radius 1 is 1.12 bits per heavy atom. The molecule has 0 radical (unpaired) electrons. The van der Waals surface area contributed by atoms with Crippen molar-refractivity contribution in [1.29, 1.82) is 0 Å². The fourth-order valence-electron chi connectivity index (χ4n) is 2.48. The molecule has 80 valence electrons. The van der Waals surface area contributed by atoms with Crippen LogP contribution in [0.5, 0.6) is 0 Å². The minimum atomic E-state index is 1.08. The van der Waals surface area contributed by atoms with Crippen molar-refractivity contribution in [2.24, 2.45) is 7.05 Å². The van der Waals surface area contributed by atoms with Gasteiger partial charge in [-0.2, -0.15) is 0 Å². The van der Waals surface area contributed by atoms with E-state index in [1.165, 1.54) is 21.9 Å². The molecule has 0 aliphatic carbocycles. The molecule has 2 aromatic heterocycles. The van der Waals surface area contributed by atoms with Crippen molar-refractivity contribution in [3.63, 3.8) is 0 Å². The summed E-state index contributed by atoms with van der Waals surface area (Å²) in [5.74, 6) is 0. The predicted octanol–water partition coefficient (Wildman–Crippen LogP) is 3.34. The first-order valence-electron chi connectivity index (χ1n) is 5.50. The Bertz CT molecular complexity index is 693. The van der Waals surface area contributed by atoms with Crippen LogP contribution in [0.25, 0.3) is 21.9 Å². The molecule has 2 heterocycles. The highest BCUT2D eigenvalue weighted by Gasteiger charge is 2.10. The molecule has 16 heavy (non-hydrogen) atoms. The summed E-state index contributed by atoms with van der Waals surface area (Å²) in [6.45, 7) is 4.20. The summed E-state index contributed by atoms with van der Waals surface area (Å²) < 4.78 is 2.17. The molecule has 0 aliphatic rings. The van der Waals surface area contributed by atoms with Gasteiger partial charge in [-0.15, -0.1) is 0 Å². The van der Waals surface area contributed by atoms with Gasteiger partial charge in [0.05, 0.1) is 5.52 Å². The fourth-order valence-corrected chi connectivity index (χ4v) is 2.48. The third kappa shape index (κ3) is 1.10. The van der Waals surface area contributed by atoms with Crippen LogP contribution in [-0.2, 0) is 7.05 Å². The zero-order chi connectivity index (χ0) is 11.3. The normalized spacial score (nSPS) is 11.4. The van der Waals surface area contributed by atoms with Crippen LogP contribution < -0.4 is 0 Å². The average molecular weight is 210 g/mol. The molecule has 0 bridgehead atoms. The zero-order valence-electron chi connectivity index (χ0n) is 9.78. The number of nitrogens with zero attached hydrogens (tertiary/aromatic N) is 2. The van der Waals surface area contributed by atoms with Crippen LogP contribution in [0, 0.1) is 13.8 Å². The number of aryl methyl sites for hydroxylation is 3. The highest BCUT2D eigenvalue weighted by molar-refractivity contribution is 6.08. The van der Waals surface area contributed by atoms with E-state index in [2.05, 4.69) is 53.9 Å². The lowest BCUT2D eigenvalue weighted by molar-refractivity contribution is 0.981. The first-order chi connectivity index (χ1) is 7.68. The van der Waals surface area contributed by atoms with Gasteiger partial charge < -0.3 is 4.57 Å². The second-order valence-electron chi connectivity index (χ2n) is 4.36. The number of fused-ring (bicyclic) bond motifs is 3. The maximum absolute atomic E-state index is 4.64. The molecule has 0 aliphatic heterocycles. The van der Waals surface area contributed by atoms with Crippen LogP contribution >= 0.6 is 0 Å². The van der Waals surface area contributed by atoms with Crippen molar-refractivity contribution in [2.45, 2.75) is 13.8 Å². The topological polar surface area (TPSA) is 17.8 Å². The molecular formula is C14H14N2. The maximum Gasteiger partial charge on any atom is 0.141 e. The van der Waals surface area contributed by atoms with Gasteiger partial charge in [0.1, 0.15) is 5.65 Å². The molecule has 0 fully saturated rings. The van der Waals surface area contributed by atoms with E-state index < -0.39 is 0 Å². The lowest BCUT2D eigenvalue weighted by atomic mass is 10.1. The monoisotopic (exact) mass is 210 g/mol. The van der Waals surface area contributed by atoms with Crippen LogP contribution in [0.15, 0.2) is 30.3 Å². The summed E-state index contributed by atoms with van der Waals surface area (Å²) in [4.78, 5) is 4.64. The Balaban J connectivity index is 2.67. The van der Waals surface area contributed by atoms with E-state index in [9.17, 15) is 0 Å². The van der Waals surface area contributed by atoms with E-state index in [1.807, 2.05) is 6.92 Å². The molecule has 3 rings (SSSR count). The van der Waals surface area contributed by atoms with Crippen LogP contribution in [0.3, 0.4) is 0 Å². The van der Waals surface area contributed by atoms with E-state index in [0.29, 0.717) is 0 Å². The number of pyridine rings is 1. The molecule has 0 saturated heterocycles. The predicted molar refractivity (Wildman–Crippen MR) is 67.7 cm³/mol. The van der Waals surface area contributed by atoms with E-state index in [-0.39, 0.29) is 0 Å². The van der Waals surface area contributed by atoms with Gasteiger partial charge in [-0.05, 0) is 31.5 Å². The van der Waals surface area contributed by atoms with Gasteiger partial charge in [-0.1, -0.05) is 18.2 Å². The molecule has 3 aromatic rings. The Morgan fingerprint density at radius 3 is 2.69 bits per heavy atom. The van der Waals surface area contributed by atoms with E-state index in [1.54, 1.807) is 0 Å². The second-order valence-corrected chi connectivity index (χ2v) is 4.36. The van der Waals surface area contributed by atoms with Crippen molar-refractivity contribution in [3.8, 4) is 0 Å². The van der Waals surface area contributed by atoms with Crippen LogP contribution in [0.4, 0.5) is 0 Å². The summed E-state index contributed by atoms with van der Waals surface area (Å²) in [5, 5.41) is 2.58. The maximum atomic E-state index is 4.64. The van der Waals surface area contributed by atoms with E-state index in [0.717, 1.165) is 11.3 Å².